The second kappa shape index (κ2) is 4.89. The van der Waals surface area contributed by atoms with Crippen LogP contribution in [0.25, 0.3) is 11.5 Å². The molecule has 3 N–H and O–H groups in total. The predicted octanol–water partition coefficient (Wildman–Crippen LogP) is 1.72. The van der Waals surface area contributed by atoms with Crippen LogP contribution in [0.1, 0.15) is 16.1 Å². The van der Waals surface area contributed by atoms with Crippen LogP contribution in [0.4, 0.5) is 5.88 Å². The Bertz CT molecular complexity index is 560. The van der Waals surface area contributed by atoms with E-state index >= 15 is 0 Å². The minimum absolute atomic E-state index is 0.0237. The van der Waals surface area contributed by atoms with E-state index in [0.717, 1.165) is 11.1 Å². The molecular formula is C12H13N3O3. The highest BCUT2D eigenvalue weighted by molar-refractivity contribution is 5.92. The molecule has 6 heteroatoms. The number of benzene rings is 1. The van der Waals surface area contributed by atoms with Crippen LogP contribution < -0.4 is 11.3 Å². The maximum atomic E-state index is 11.5. The lowest BCUT2D eigenvalue weighted by atomic mass is 10.1. The minimum atomic E-state index is -0.606. The molecule has 0 aliphatic heterocycles. The van der Waals surface area contributed by atoms with Gasteiger partial charge in [-0.05, 0) is 19.1 Å². The lowest BCUT2D eigenvalue weighted by molar-refractivity contribution is 0.0595. The molecule has 94 valence electrons. The zero-order chi connectivity index (χ0) is 13.1. The van der Waals surface area contributed by atoms with Gasteiger partial charge < -0.3 is 9.15 Å². The Hall–Kier alpha value is -2.34. The zero-order valence-corrected chi connectivity index (χ0v) is 10.1. The van der Waals surface area contributed by atoms with Crippen molar-refractivity contribution in [2.75, 3.05) is 12.5 Å². The lowest BCUT2D eigenvalue weighted by Crippen LogP contribution is -2.11. The summed E-state index contributed by atoms with van der Waals surface area (Å²) in [6.07, 6.45) is 0. The molecule has 1 aromatic heterocycles. The number of nitrogens with one attached hydrogen (secondary N) is 1. The van der Waals surface area contributed by atoms with Gasteiger partial charge in [0.1, 0.15) is 0 Å². The van der Waals surface area contributed by atoms with Crippen molar-refractivity contribution in [2.24, 2.45) is 5.84 Å². The smallest absolute Gasteiger partial charge is 0.362 e. The Morgan fingerprint density at radius 3 is 2.61 bits per heavy atom. The van der Waals surface area contributed by atoms with E-state index in [0.29, 0.717) is 5.89 Å². The second-order valence-corrected chi connectivity index (χ2v) is 3.70. The summed E-state index contributed by atoms with van der Waals surface area (Å²) in [6, 6.07) is 7.55. The van der Waals surface area contributed by atoms with E-state index < -0.39 is 5.97 Å². The average Bonchev–Trinajstić information content (AvgIpc) is 2.82. The maximum absolute atomic E-state index is 11.5. The standard InChI is InChI=1S/C12H13N3O3/c1-7-3-5-8(6-4-7)10-14-9(12(16)17-2)11(15-13)18-10/h3-6,15H,13H2,1-2H3. The van der Waals surface area contributed by atoms with Crippen molar-refractivity contribution in [3.8, 4) is 11.5 Å². The lowest BCUT2D eigenvalue weighted by Gasteiger charge is -1.96. The SMILES string of the molecule is COC(=O)c1nc(-c2ccc(C)cc2)oc1NN. The number of aromatic nitrogens is 1. The third kappa shape index (κ3) is 2.18. The van der Waals surface area contributed by atoms with Gasteiger partial charge in [0.2, 0.25) is 17.5 Å². The van der Waals surface area contributed by atoms with E-state index in [-0.39, 0.29) is 11.6 Å². The van der Waals surface area contributed by atoms with Crippen molar-refractivity contribution in [2.45, 2.75) is 6.92 Å². The number of hydrogen-bond donors (Lipinski definition) is 2. The molecule has 0 spiro atoms. The van der Waals surface area contributed by atoms with Crippen LogP contribution in [0.5, 0.6) is 0 Å². The van der Waals surface area contributed by atoms with Crippen molar-refractivity contribution in [3.05, 3.63) is 35.5 Å². The number of nitrogens with zero attached hydrogens (tertiary/aromatic N) is 1. The molecule has 0 unspecified atom stereocenters. The Morgan fingerprint density at radius 1 is 1.39 bits per heavy atom. The van der Waals surface area contributed by atoms with Crippen LogP contribution in [0, 0.1) is 6.92 Å². The molecule has 0 bridgehead atoms. The van der Waals surface area contributed by atoms with E-state index in [9.17, 15) is 4.79 Å². The first-order valence-electron chi connectivity index (χ1n) is 5.28. The molecule has 1 heterocycles. The zero-order valence-electron chi connectivity index (χ0n) is 10.1. The highest BCUT2D eigenvalue weighted by Crippen LogP contribution is 2.25. The van der Waals surface area contributed by atoms with Crippen molar-refractivity contribution < 1.29 is 13.9 Å². The summed E-state index contributed by atoms with van der Waals surface area (Å²) in [5.74, 6) is 5.05. The fourth-order valence-corrected chi connectivity index (χ4v) is 1.47. The quantitative estimate of drug-likeness (QED) is 0.487. The van der Waals surface area contributed by atoms with Crippen molar-refractivity contribution >= 4 is 11.9 Å². The van der Waals surface area contributed by atoms with Gasteiger partial charge in [-0.2, -0.15) is 4.98 Å². The number of methoxy groups -OCH3 is 1. The Morgan fingerprint density at radius 2 is 2.06 bits per heavy atom. The van der Waals surface area contributed by atoms with E-state index in [1.807, 2.05) is 31.2 Å². The summed E-state index contributed by atoms with van der Waals surface area (Å²) >= 11 is 0. The fraction of sp³-hybridized carbons (Fsp3) is 0.167. The summed E-state index contributed by atoms with van der Waals surface area (Å²) in [6.45, 7) is 1.98. The van der Waals surface area contributed by atoms with E-state index in [2.05, 4.69) is 15.1 Å². The van der Waals surface area contributed by atoms with Crippen LogP contribution >= 0.6 is 0 Å². The Kier molecular flexibility index (Phi) is 3.29. The first-order chi connectivity index (χ1) is 8.65. The first-order valence-corrected chi connectivity index (χ1v) is 5.28. The molecule has 0 radical (unpaired) electrons. The largest absolute Gasteiger partial charge is 0.464 e. The number of carbonyl (C=O) groups excluding carboxylic acids is 1. The van der Waals surface area contributed by atoms with Gasteiger partial charge in [0.25, 0.3) is 0 Å². The molecule has 1 aromatic carbocycles. The van der Waals surface area contributed by atoms with E-state index in [1.54, 1.807) is 0 Å². The van der Waals surface area contributed by atoms with Crippen LogP contribution in [0.2, 0.25) is 0 Å². The molecule has 0 atom stereocenters. The number of nitrogens with two attached hydrogens (primary N) is 1. The highest BCUT2D eigenvalue weighted by atomic mass is 16.5. The number of hydrazine groups is 1. The van der Waals surface area contributed by atoms with Gasteiger partial charge >= 0.3 is 5.97 Å². The summed E-state index contributed by atoms with van der Waals surface area (Å²) in [7, 11) is 1.27. The topological polar surface area (TPSA) is 90.4 Å². The van der Waals surface area contributed by atoms with Gasteiger partial charge in [-0.15, -0.1) is 0 Å². The fourth-order valence-electron chi connectivity index (χ4n) is 1.47. The molecule has 0 saturated heterocycles. The summed E-state index contributed by atoms with van der Waals surface area (Å²) in [5, 5.41) is 0. The number of rotatable bonds is 3. The number of esters is 1. The van der Waals surface area contributed by atoms with Gasteiger partial charge in [0.15, 0.2) is 0 Å². The molecule has 6 nitrogen and oxygen atoms in total. The average molecular weight is 247 g/mol. The van der Waals surface area contributed by atoms with Crippen LogP contribution in [-0.2, 0) is 4.74 Å². The van der Waals surface area contributed by atoms with Crippen LogP contribution in [0.3, 0.4) is 0 Å². The third-order valence-electron chi connectivity index (χ3n) is 2.44. The Labute approximate surface area is 104 Å². The van der Waals surface area contributed by atoms with Gasteiger partial charge in [0, 0.05) is 5.56 Å². The van der Waals surface area contributed by atoms with Gasteiger partial charge in [-0.1, -0.05) is 17.7 Å². The molecule has 0 aliphatic carbocycles. The van der Waals surface area contributed by atoms with Gasteiger partial charge in [0.05, 0.1) is 7.11 Å². The molecule has 0 aliphatic rings. The number of aryl methyl sites for hydroxylation is 1. The number of ether oxygens (including phenoxy) is 1. The van der Waals surface area contributed by atoms with Crippen LogP contribution in [0.15, 0.2) is 28.7 Å². The predicted molar refractivity (Wildman–Crippen MR) is 65.8 cm³/mol. The monoisotopic (exact) mass is 247 g/mol. The molecular weight excluding hydrogens is 234 g/mol. The second-order valence-electron chi connectivity index (χ2n) is 3.70. The van der Waals surface area contributed by atoms with Crippen molar-refractivity contribution in [1.29, 1.82) is 0 Å². The highest BCUT2D eigenvalue weighted by Gasteiger charge is 2.20. The number of anilines is 1. The summed E-state index contributed by atoms with van der Waals surface area (Å²) in [4.78, 5) is 15.5. The maximum Gasteiger partial charge on any atom is 0.362 e. The molecule has 2 rings (SSSR count). The molecule has 0 saturated carbocycles. The minimum Gasteiger partial charge on any atom is -0.464 e. The Balaban J connectivity index is 2.43. The molecule has 2 aromatic rings. The number of carbonyl (C=O) groups is 1. The van der Waals surface area contributed by atoms with Gasteiger partial charge in [-0.3, -0.25) is 5.43 Å². The normalized spacial score (nSPS) is 10.2. The molecule has 0 amide bonds. The number of oxazole rings is 1. The van der Waals surface area contributed by atoms with Crippen molar-refractivity contribution in [3.63, 3.8) is 0 Å². The number of nitrogen functional groups attached to an aromatic ring is 1. The van der Waals surface area contributed by atoms with Gasteiger partial charge in [-0.25, -0.2) is 10.6 Å². The molecule has 18 heavy (non-hydrogen) atoms. The third-order valence-corrected chi connectivity index (χ3v) is 2.44. The first kappa shape index (κ1) is 12.1. The molecule has 0 fully saturated rings. The van der Waals surface area contributed by atoms with Crippen LogP contribution in [-0.4, -0.2) is 18.1 Å². The summed E-state index contributed by atoms with van der Waals surface area (Å²) < 4.78 is 9.95. The van der Waals surface area contributed by atoms with E-state index in [1.165, 1.54) is 7.11 Å². The van der Waals surface area contributed by atoms with E-state index in [4.69, 9.17) is 10.3 Å². The summed E-state index contributed by atoms with van der Waals surface area (Å²) in [5.41, 5.74) is 4.18. The van der Waals surface area contributed by atoms with Crippen molar-refractivity contribution in [1.82, 2.24) is 4.98 Å². The number of hydrogen-bond acceptors (Lipinski definition) is 6.